The lowest BCUT2D eigenvalue weighted by molar-refractivity contribution is 0.0606. The third-order valence-corrected chi connectivity index (χ3v) is 3.99. The molecular formula is C14H14ClNO3S. The first kappa shape index (κ1) is 14.8. The van der Waals surface area contributed by atoms with Gasteiger partial charge in [-0.3, -0.25) is 0 Å². The molecule has 0 bridgehead atoms. The van der Waals surface area contributed by atoms with Crippen molar-refractivity contribution in [2.75, 3.05) is 13.7 Å². The Bertz CT molecular complexity index is 612. The largest absolute Gasteiger partial charge is 0.493 e. The van der Waals surface area contributed by atoms with Gasteiger partial charge in [-0.05, 0) is 18.6 Å². The van der Waals surface area contributed by atoms with Crippen molar-refractivity contribution in [3.8, 4) is 16.3 Å². The highest BCUT2D eigenvalue weighted by molar-refractivity contribution is 7.17. The van der Waals surface area contributed by atoms with Crippen LogP contribution in [-0.4, -0.2) is 24.7 Å². The number of ether oxygens (including phenoxy) is 2. The predicted octanol–water partition coefficient (Wildman–Crippen LogP) is 4.04. The molecule has 0 fully saturated rings. The molecule has 106 valence electrons. The number of carbonyl (C=O) groups excluding carboxylic acids is 1. The fourth-order valence-electron chi connectivity index (χ4n) is 1.62. The maximum absolute atomic E-state index is 11.6. The van der Waals surface area contributed by atoms with Crippen LogP contribution in [-0.2, 0) is 4.74 Å². The number of hydrogen-bond donors (Lipinski definition) is 0. The number of rotatable bonds is 5. The van der Waals surface area contributed by atoms with Crippen LogP contribution >= 0.6 is 22.9 Å². The Kier molecular flexibility index (Phi) is 4.98. The second-order valence-electron chi connectivity index (χ2n) is 3.98. The van der Waals surface area contributed by atoms with Crippen molar-refractivity contribution in [3.63, 3.8) is 0 Å². The summed E-state index contributed by atoms with van der Waals surface area (Å²) in [6.07, 6.45) is 0.917. The molecule has 2 aromatic rings. The molecule has 0 saturated carbocycles. The molecule has 0 spiro atoms. The zero-order chi connectivity index (χ0) is 14.5. The van der Waals surface area contributed by atoms with Gasteiger partial charge in [0.2, 0.25) is 0 Å². The lowest BCUT2D eigenvalue weighted by Gasteiger charge is -2.08. The molecule has 1 heterocycles. The fraction of sp³-hybridized carbons (Fsp3) is 0.286. The second kappa shape index (κ2) is 6.72. The van der Waals surface area contributed by atoms with E-state index < -0.39 is 5.97 Å². The summed E-state index contributed by atoms with van der Waals surface area (Å²) in [7, 11) is 1.32. The Morgan fingerprint density at radius 2 is 2.15 bits per heavy atom. The number of carbonyl (C=O) groups is 1. The van der Waals surface area contributed by atoms with Crippen molar-refractivity contribution >= 4 is 28.9 Å². The molecule has 1 aromatic carbocycles. The van der Waals surface area contributed by atoms with E-state index in [-0.39, 0.29) is 5.15 Å². The molecule has 0 radical (unpaired) electrons. The average Bonchev–Trinajstić information content (AvgIpc) is 2.86. The van der Waals surface area contributed by atoms with Gasteiger partial charge in [-0.25, -0.2) is 9.78 Å². The van der Waals surface area contributed by atoms with E-state index in [1.807, 2.05) is 31.2 Å². The first-order valence-corrected chi connectivity index (χ1v) is 7.33. The van der Waals surface area contributed by atoms with Crippen LogP contribution in [0.5, 0.6) is 5.75 Å². The molecule has 4 nitrogen and oxygen atoms in total. The average molecular weight is 312 g/mol. The number of methoxy groups -OCH3 is 1. The van der Waals surface area contributed by atoms with Crippen molar-refractivity contribution in [1.82, 2.24) is 4.98 Å². The molecule has 0 amide bonds. The number of thiazole rings is 1. The molecule has 6 heteroatoms. The normalized spacial score (nSPS) is 10.3. The van der Waals surface area contributed by atoms with Gasteiger partial charge >= 0.3 is 5.97 Å². The lowest BCUT2D eigenvalue weighted by Crippen LogP contribution is -1.98. The standard InChI is InChI=1S/C14H14ClNO3S/c1-3-8-19-10-7-5-4-6-9(10)13-16-12(15)11(20-13)14(17)18-2/h4-7H,3,8H2,1-2H3. The van der Waals surface area contributed by atoms with E-state index in [0.717, 1.165) is 17.7 Å². The number of hydrogen-bond acceptors (Lipinski definition) is 5. The molecule has 2 rings (SSSR count). The van der Waals surface area contributed by atoms with Crippen LogP contribution in [0.25, 0.3) is 10.6 Å². The SMILES string of the molecule is CCCOc1ccccc1-c1nc(Cl)c(C(=O)OC)s1. The van der Waals surface area contributed by atoms with Gasteiger partial charge in [-0.1, -0.05) is 30.7 Å². The van der Waals surface area contributed by atoms with Gasteiger partial charge in [0.25, 0.3) is 0 Å². The van der Waals surface area contributed by atoms with Crippen LogP contribution in [0.1, 0.15) is 23.0 Å². The summed E-state index contributed by atoms with van der Waals surface area (Å²) >= 11 is 7.18. The predicted molar refractivity (Wildman–Crippen MR) is 79.7 cm³/mol. The third-order valence-electron chi connectivity index (χ3n) is 2.54. The number of benzene rings is 1. The van der Waals surface area contributed by atoms with Crippen LogP contribution in [0.3, 0.4) is 0 Å². The van der Waals surface area contributed by atoms with E-state index in [9.17, 15) is 4.79 Å². The summed E-state index contributed by atoms with van der Waals surface area (Å²) < 4.78 is 10.4. The van der Waals surface area contributed by atoms with Crippen LogP contribution in [0, 0.1) is 0 Å². The molecule has 20 heavy (non-hydrogen) atoms. The highest BCUT2D eigenvalue weighted by atomic mass is 35.5. The van der Waals surface area contributed by atoms with Crippen LogP contribution in [0.15, 0.2) is 24.3 Å². The molecule has 0 aliphatic heterocycles. The summed E-state index contributed by atoms with van der Waals surface area (Å²) in [5, 5.41) is 0.796. The summed E-state index contributed by atoms with van der Waals surface area (Å²) in [4.78, 5) is 16.1. The zero-order valence-electron chi connectivity index (χ0n) is 11.2. The lowest BCUT2D eigenvalue weighted by atomic mass is 10.2. The van der Waals surface area contributed by atoms with E-state index in [2.05, 4.69) is 9.72 Å². The monoisotopic (exact) mass is 311 g/mol. The Labute approximate surface area is 126 Å². The van der Waals surface area contributed by atoms with E-state index in [4.69, 9.17) is 16.3 Å². The summed E-state index contributed by atoms with van der Waals surface area (Å²) in [5.74, 6) is 0.252. The third kappa shape index (κ3) is 3.11. The van der Waals surface area contributed by atoms with Crippen LogP contribution in [0.4, 0.5) is 0 Å². The first-order chi connectivity index (χ1) is 9.67. The minimum absolute atomic E-state index is 0.155. The van der Waals surface area contributed by atoms with Gasteiger partial charge in [0, 0.05) is 0 Å². The Hall–Kier alpha value is -1.59. The maximum atomic E-state index is 11.6. The minimum Gasteiger partial charge on any atom is -0.493 e. The Morgan fingerprint density at radius 3 is 2.85 bits per heavy atom. The highest BCUT2D eigenvalue weighted by Crippen LogP contribution is 2.36. The number of para-hydroxylation sites is 1. The van der Waals surface area contributed by atoms with Crippen LogP contribution in [0.2, 0.25) is 5.15 Å². The van der Waals surface area contributed by atoms with Gasteiger partial charge in [-0.2, -0.15) is 0 Å². The second-order valence-corrected chi connectivity index (χ2v) is 5.33. The van der Waals surface area contributed by atoms with Crippen molar-refractivity contribution in [3.05, 3.63) is 34.3 Å². The minimum atomic E-state index is -0.481. The molecule has 0 aliphatic rings. The smallest absolute Gasteiger partial charge is 0.351 e. The summed E-state index contributed by atoms with van der Waals surface area (Å²) in [6, 6.07) is 7.55. The van der Waals surface area contributed by atoms with Gasteiger partial charge in [0.15, 0.2) is 10.0 Å². The van der Waals surface area contributed by atoms with Crippen molar-refractivity contribution in [2.45, 2.75) is 13.3 Å². The number of aromatic nitrogens is 1. The molecule has 0 unspecified atom stereocenters. The highest BCUT2D eigenvalue weighted by Gasteiger charge is 2.19. The Morgan fingerprint density at radius 1 is 1.40 bits per heavy atom. The van der Waals surface area contributed by atoms with Gasteiger partial charge in [-0.15, -0.1) is 11.3 Å². The first-order valence-electron chi connectivity index (χ1n) is 6.14. The molecule has 1 aromatic heterocycles. The van der Waals surface area contributed by atoms with E-state index in [0.29, 0.717) is 16.5 Å². The van der Waals surface area contributed by atoms with Gasteiger partial charge in [0.1, 0.15) is 10.8 Å². The van der Waals surface area contributed by atoms with Gasteiger partial charge in [0.05, 0.1) is 19.3 Å². The molecular weight excluding hydrogens is 298 g/mol. The molecule has 0 saturated heterocycles. The van der Waals surface area contributed by atoms with Gasteiger partial charge < -0.3 is 9.47 Å². The van der Waals surface area contributed by atoms with E-state index in [1.54, 1.807) is 0 Å². The maximum Gasteiger partial charge on any atom is 0.351 e. The quantitative estimate of drug-likeness (QED) is 0.782. The number of esters is 1. The number of halogens is 1. The van der Waals surface area contributed by atoms with Crippen molar-refractivity contribution < 1.29 is 14.3 Å². The summed E-state index contributed by atoms with van der Waals surface area (Å²) in [6.45, 7) is 2.66. The topological polar surface area (TPSA) is 48.4 Å². The van der Waals surface area contributed by atoms with Crippen molar-refractivity contribution in [1.29, 1.82) is 0 Å². The fourth-order valence-corrected chi connectivity index (χ4v) is 2.85. The molecule has 0 atom stereocenters. The summed E-state index contributed by atoms with van der Waals surface area (Å²) in [5.41, 5.74) is 0.822. The number of nitrogens with zero attached hydrogens (tertiary/aromatic N) is 1. The zero-order valence-corrected chi connectivity index (χ0v) is 12.8. The van der Waals surface area contributed by atoms with Crippen LogP contribution < -0.4 is 4.74 Å². The molecule has 0 N–H and O–H groups in total. The van der Waals surface area contributed by atoms with E-state index >= 15 is 0 Å². The van der Waals surface area contributed by atoms with E-state index in [1.165, 1.54) is 18.4 Å². The molecule has 0 aliphatic carbocycles. The van der Waals surface area contributed by atoms with Crippen molar-refractivity contribution in [2.24, 2.45) is 0 Å². The Balaban J connectivity index is 2.39.